The van der Waals surface area contributed by atoms with Crippen molar-refractivity contribution in [1.82, 2.24) is 4.90 Å². The summed E-state index contributed by atoms with van der Waals surface area (Å²) < 4.78 is 19.4. The van der Waals surface area contributed by atoms with Gasteiger partial charge in [-0.3, -0.25) is 14.5 Å². The topological polar surface area (TPSA) is 70.7 Å². The van der Waals surface area contributed by atoms with Crippen LogP contribution in [0.2, 0.25) is 0 Å². The molecule has 0 radical (unpaired) electrons. The fourth-order valence-electron chi connectivity index (χ4n) is 3.32. The number of anilines is 2. The molecule has 2 N–H and O–H groups in total. The quantitative estimate of drug-likeness (QED) is 0.476. The Bertz CT molecular complexity index is 1080. The predicted octanol–water partition coefficient (Wildman–Crippen LogP) is 5.11. The normalized spacial score (nSPS) is 11.7. The van der Waals surface area contributed by atoms with Gasteiger partial charge in [0.05, 0.1) is 13.2 Å². The van der Waals surface area contributed by atoms with Crippen molar-refractivity contribution in [3.63, 3.8) is 0 Å². The average Bonchev–Trinajstić information content (AvgIpc) is 2.80. The minimum atomic E-state index is -0.295. The Morgan fingerprint density at radius 2 is 1.55 bits per heavy atom. The van der Waals surface area contributed by atoms with Crippen molar-refractivity contribution < 1.29 is 18.7 Å². The van der Waals surface area contributed by atoms with Crippen LogP contribution in [0.5, 0.6) is 5.75 Å². The molecule has 0 fully saturated rings. The second-order valence-corrected chi connectivity index (χ2v) is 7.65. The highest BCUT2D eigenvalue weighted by Crippen LogP contribution is 2.21. The summed E-state index contributed by atoms with van der Waals surface area (Å²) in [7, 11) is 1.77. The van der Waals surface area contributed by atoms with Gasteiger partial charge in [-0.2, -0.15) is 0 Å². The molecule has 2 amide bonds. The van der Waals surface area contributed by atoms with E-state index >= 15 is 0 Å². The number of ether oxygens (including phenoxy) is 1. The molecule has 0 aliphatic carbocycles. The van der Waals surface area contributed by atoms with Crippen molar-refractivity contribution in [1.29, 1.82) is 0 Å². The highest BCUT2D eigenvalue weighted by atomic mass is 19.1. The van der Waals surface area contributed by atoms with Gasteiger partial charge in [-0.05, 0) is 75.5 Å². The number of nitrogens with zero attached hydrogens (tertiary/aromatic N) is 1. The second-order valence-electron chi connectivity index (χ2n) is 7.65. The monoisotopic (exact) mass is 449 g/mol. The van der Waals surface area contributed by atoms with Crippen LogP contribution < -0.4 is 15.4 Å². The molecular formula is C26H28FN3O3. The van der Waals surface area contributed by atoms with E-state index in [-0.39, 0.29) is 30.2 Å². The molecule has 0 aliphatic rings. The molecule has 7 heteroatoms. The number of amides is 2. The summed E-state index contributed by atoms with van der Waals surface area (Å²) >= 11 is 0. The van der Waals surface area contributed by atoms with Crippen LogP contribution in [0.3, 0.4) is 0 Å². The Balaban J connectivity index is 1.53. The van der Waals surface area contributed by atoms with E-state index in [0.717, 1.165) is 5.75 Å². The van der Waals surface area contributed by atoms with E-state index in [9.17, 15) is 14.0 Å². The van der Waals surface area contributed by atoms with Gasteiger partial charge in [0.25, 0.3) is 5.91 Å². The molecule has 0 aliphatic heterocycles. The lowest BCUT2D eigenvalue weighted by atomic mass is 10.1. The molecule has 1 unspecified atom stereocenters. The third-order valence-corrected chi connectivity index (χ3v) is 5.26. The first-order valence-electron chi connectivity index (χ1n) is 10.8. The fraction of sp³-hybridized carbons (Fsp3) is 0.231. The highest BCUT2D eigenvalue weighted by molar-refractivity contribution is 6.04. The number of benzene rings is 3. The van der Waals surface area contributed by atoms with Gasteiger partial charge in [-0.1, -0.05) is 18.2 Å². The molecule has 6 nitrogen and oxygen atoms in total. The van der Waals surface area contributed by atoms with Gasteiger partial charge < -0.3 is 15.4 Å². The standard InChI is InChI=1S/C26H28FN3O3/c1-4-33-22-15-13-21(14-16-22)29-26(32)19-9-11-20(12-10-19)28-25(31)17-30(3)18(2)23-7-5-6-8-24(23)27/h5-16,18H,4,17H2,1-3H3,(H,28,31)(H,29,32). The van der Waals surface area contributed by atoms with Crippen LogP contribution in [0, 0.1) is 5.82 Å². The Hall–Kier alpha value is -3.71. The Kier molecular flexibility index (Phi) is 8.16. The fourth-order valence-corrected chi connectivity index (χ4v) is 3.32. The van der Waals surface area contributed by atoms with E-state index in [4.69, 9.17) is 4.74 Å². The summed E-state index contributed by atoms with van der Waals surface area (Å²) in [5.41, 5.74) is 2.24. The lowest BCUT2D eigenvalue weighted by Gasteiger charge is -2.24. The molecule has 0 bridgehead atoms. The van der Waals surface area contributed by atoms with Crippen LogP contribution in [0.4, 0.5) is 15.8 Å². The van der Waals surface area contributed by atoms with Crippen LogP contribution >= 0.6 is 0 Å². The second kappa shape index (κ2) is 11.2. The van der Waals surface area contributed by atoms with Gasteiger partial charge in [0, 0.05) is 28.5 Å². The van der Waals surface area contributed by atoms with E-state index in [1.807, 2.05) is 13.8 Å². The van der Waals surface area contributed by atoms with Crippen molar-refractivity contribution in [2.45, 2.75) is 19.9 Å². The SMILES string of the molecule is CCOc1ccc(NC(=O)c2ccc(NC(=O)CN(C)C(C)c3ccccc3F)cc2)cc1. The van der Waals surface area contributed by atoms with Gasteiger partial charge in [0.1, 0.15) is 11.6 Å². The Morgan fingerprint density at radius 3 is 2.18 bits per heavy atom. The van der Waals surface area contributed by atoms with Crippen LogP contribution in [0.15, 0.2) is 72.8 Å². The average molecular weight is 450 g/mol. The van der Waals surface area contributed by atoms with Gasteiger partial charge in [0.15, 0.2) is 0 Å². The number of likely N-dealkylation sites (N-methyl/N-ethyl adjacent to an activating group) is 1. The summed E-state index contributed by atoms with van der Waals surface area (Å²) in [6.07, 6.45) is 0. The van der Waals surface area contributed by atoms with E-state index < -0.39 is 0 Å². The minimum Gasteiger partial charge on any atom is -0.494 e. The number of rotatable bonds is 9. The first-order valence-corrected chi connectivity index (χ1v) is 10.8. The summed E-state index contributed by atoms with van der Waals surface area (Å²) in [4.78, 5) is 26.7. The molecule has 1 atom stereocenters. The summed E-state index contributed by atoms with van der Waals surface area (Å²) in [6.45, 7) is 4.43. The highest BCUT2D eigenvalue weighted by Gasteiger charge is 2.18. The van der Waals surface area contributed by atoms with Crippen LogP contribution in [-0.4, -0.2) is 36.9 Å². The van der Waals surface area contributed by atoms with Crippen molar-refractivity contribution in [2.75, 3.05) is 30.8 Å². The predicted molar refractivity (Wildman–Crippen MR) is 128 cm³/mol. The van der Waals surface area contributed by atoms with E-state index in [1.54, 1.807) is 78.7 Å². The number of halogens is 1. The van der Waals surface area contributed by atoms with Crippen molar-refractivity contribution in [3.8, 4) is 5.75 Å². The maximum absolute atomic E-state index is 14.0. The van der Waals surface area contributed by atoms with E-state index in [0.29, 0.717) is 29.1 Å². The van der Waals surface area contributed by atoms with Gasteiger partial charge in [-0.25, -0.2) is 4.39 Å². The zero-order chi connectivity index (χ0) is 23.8. The van der Waals surface area contributed by atoms with Crippen molar-refractivity contribution >= 4 is 23.2 Å². The summed E-state index contributed by atoms with van der Waals surface area (Å²) in [5, 5.41) is 5.64. The molecule has 0 heterocycles. The number of carbonyl (C=O) groups excluding carboxylic acids is 2. The Morgan fingerprint density at radius 1 is 0.939 bits per heavy atom. The third kappa shape index (κ3) is 6.63. The van der Waals surface area contributed by atoms with Crippen molar-refractivity contribution in [3.05, 3.63) is 89.7 Å². The molecule has 0 saturated carbocycles. The van der Waals surface area contributed by atoms with Crippen LogP contribution in [0.25, 0.3) is 0 Å². The van der Waals surface area contributed by atoms with Gasteiger partial charge in [0.2, 0.25) is 5.91 Å². The molecule has 172 valence electrons. The van der Waals surface area contributed by atoms with Crippen molar-refractivity contribution in [2.24, 2.45) is 0 Å². The van der Waals surface area contributed by atoms with E-state index in [1.165, 1.54) is 6.07 Å². The largest absolute Gasteiger partial charge is 0.494 e. The molecule has 3 aromatic carbocycles. The summed E-state index contributed by atoms with van der Waals surface area (Å²) in [6, 6.07) is 20.0. The molecule has 0 aromatic heterocycles. The number of nitrogens with one attached hydrogen (secondary N) is 2. The van der Waals surface area contributed by atoms with E-state index in [2.05, 4.69) is 10.6 Å². The lowest BCUT2D eigenvalue weighted by molar-refractivity contribution is -0.117. The maximum Gasteiger partial charge on any atom is 0.255 e. The smallest absolute Gasteiger partial charge is 0.255 e. The number of carbonyl (C=O) groups is 2. The third-order valence-electron chi connectivity index (χ3n) is 5.26. The minimum absolute atomic E-state index is 0.0927. The lowest BCUT2D eigenvalue weighted by Crippen LogP contribution is -2.32. The number of hydrogen-bond donors (Lipinski definition) is 2. The maximum atomic E-state index is 14.0. The van der Waals surface area contributed by atoms with Crippen LogP contribution in [-0.2, 0) is 4.79 Å². The molecular weight excluding hydrogens is 421 g/mol. The molecule has 3 aromatic rings. The Labute approximate surface area is 193 Å². The van der Waals surface area contributed by atoms with Crippen LogP contribution in [0.1, 0.15) is 35.8 Å². The number of hydrogen-bond acceptors (Lipinski definition) is 4. The first kappa shape index (κ1) is 23.9. The zero-order valence-corrected chi connectivity index (χ0v) is 19.0. The zero-order valence-electron chi connectivity index (χ0n) is 19.0. The molecule has 0 saturated heterocycles. The molecule has 0 spiro atoms. The molecule has 33 heavy (non-hydrogen) atoms. The first-order chi connectivity index (χ1) is 15.9. The van der Waals surface area contributed by atoms with Gasteiger partial charge in [-0.15, -0.1) is 0 Å². The summed E-state index contributed by atoms with van der Waals surface area (Å²) in [5.74, 6) is -0.0383. The molecule has 3 rings (SSSR count). The van der Waals surface area contributed by atoms with Gasteiger partial charge >= 0.3 is 0 Å².